The number of hydrogen-bond donors (Lipinski definition) is 1. The van der Waals surface area contributed by atoms with Crippen molar-refractivity contribution < 1.29 is 19.0 Å². The summed E-state index contributed by atoms with van der Waals surface area (Å²) in [6.07, 6.45) is 1.61. The first-order chi connectivity index (χ1) is 19.1. The summed E-state index contributed by atoms with van der Waals surface area (Å²) < 4.78 is 18.7. The molecule has 0 bridgehead atoms. The van der Waals surface area contributed by atoms with E-state index >= 15 is 0 Å². The highest BCUT2D eigenvalue weighted by atomic mass is 35.5. The summed E-state index contributed by atoms with van der Waals surface area (Å²) in [5, 5.41) is 4.02. The van der Waals surface area contributed by atoms with Crippen LogP contribution in [0.2, 0.25) is 5.02 Å². The SMILES string of the molecule is O=C(NCc1ccc(Cl)cc1)c1cn(COCCN2CCOCC2)c2ccc(CN3CCOCC3)cc2c1=O. The van der Waals surface area contributed by atoms with E-state index in [0.29, 0.717) is 36.8 Å². The molecular weight excluding hydrogens is 520 g/mol. The molecule has 2 aromatic carbocycles. The topological polar surface area (TPSA) is 85.3 Å². The minimum atomic E-state index is -0.419. The fraction of sp³-hybridized carbons (Fsp3) is 0.448. The van der Waals surface area contributed by atoms with E-state index in [0.717, 1.165) is 69.1 Å². The summed E-state index contributed by atoms with van der Waals surface area (Å²) in [6, 6.07) is 13.2. The van der Waals surface area contributed by atoms with Gasteiger partial charge in [-0.1, -0.05) is 29.8 Å². The maximum atomic E-state index is 13.6. The number of carbonyl (C=O) groups is 1. The lowest BCUT2D eigenvalue weighted by molar-refractivity contribution is 0.00986. The van der Waals surface area contributed by atoms with Gasteiger partial charge in [-0.15, -0.1) is 0 Å². The van der Waals surface area contributed by atoms with Crippen molar-refractivity contribution in [1.29, 1.82) is 0 Å². The first-order valence-corrected chi connectivity index (χ1v) is 13.8. The number of aromatic nitrogens is 1. The number of halogens is 1. The molecule has 0 aliphatic carbocycles. The van der Waals surface area contributed by atoms with Crippen molar-refractivity contribution in [3.63, 3.8) is 0 Å². The van der Waals surface area contributed by atoms with E-state index in [2.05, 4.69) is 15.1 Å². The first kappa shape index (κ1) is 27.8. The van der Waals surface area contributed by atoms with Gasteiger partial charge >= 0.3 is 0 Å². The van der Waals surface area contributed by atoms with E-state index in [9.17, 15) is 9.59 Å². The Morgan fingerprint density at radius 3 is 2.31 bits per heavy atom. The summed E-state index contributed by atoms with van der Waals surface area (Å²) in [7, 11) is 0. The minimum absolute atomic E-state index is 0.0942. The molecule has 1 N–H and O–H groups in total. The van der Waals surface area contributed by atoms with E-state index in [1.165, 1.54) is 0 Å². The van der Waals surface area contributed by atoms with Crippen LogP contribution in [0.1, 0.15) is 21.5 Å². The lowest BCUT2D eigenvalue weighted by Crippen LogP contribution is -2.38. The Bertz CT molecular complexity index is 1320. The number of nitrogens with one attached hydrogen (secondary N) is 1. The fourth-order valence-corrected chi connectivity index (χ4v) is 5.02. The molecule has 0 saturated carbocycles. The van der Waals surface area contributed by atoms with Crippen molar-refractivity contribution in [3.8, 4) is 0 Å². The monoisotopic (exact) mass is 554 g/mol. The average molecular weight is 555 g/mol. The molecule has 0 unspecified atom stereocenters. The van der Waals surface area contributed by atoms with Crippen LogP contribution in [-0.4, -0.2) is 86.0 Å². The summed E-state index contributed by atoms with van der Waals surface area (Å²) >= 11 is 5.97. The Balaban J connectivity index is 1.36. The van der Waals surface area contributed by atoms with Gasteiger partial charge in [0.25, 0.3) is 5.91 Å². The number of morpholine rings is 2. The Kier molecular flexibility index (Phi) is 9.62. The highest BCUT2D eigenvalue weighted by Gasteiger charge is 2.18. The number of hydrogen-bond acceptors (Lipinski definition) is 7. The Labute approximate surface area is 233 Å². The van der Waals surface area contributed by atoms with Crippen LogP contribution in [0.5, 0.6) is 0 Å². The molecule has 2 fully saturated rings. The molecule has 2 aliphatic heterocycles. The predicted molar refractivity (Wildman–Crippen MR) is 150 cm³/mol. The van der Waals surface area contributed by atoms with Crippen LogP contribution in [0.4, 0.5) is 0 Å². The third-order valence-corrected chi connectivity index (χ3v) is 7.40. The van der Waals surface area contributed by atoms with Gasteiger partial charge in [-0.3, -0.25) is 19.4 Å². The highest BCUT2D eigenvalue weighted by Crippen LogP contribution is 2.17. The zero-order valence-electron chi connectivity index (χ0n) is 22.1. The average Bonchev–Trinajstić information content (AvgIpc) is 2.97. The number of ether oxygens (including phenoxy) is 3. The standard InChI is InChI=1S/C29H35ClN4O5/c30-24-4-1-22(2-5-24)18-31-29(36)26-20-34(21-39-16-9-32-7-12-37-13-8-32)27-6-3-23(17-25(27)28(26)35)19-33-10-14-38-15-11-33/h1-6,17,20H,7-16,18-19,21H2,(H,31,36). The van der Waals surface area contributed by atoms with Gasteiger partial charge in [-0.2, -0.15) is 0 Å². The zero-order chi connectivity index (χ0) is 27.0. The fourth-order valence-electron chi connectivity index (χ4n) is 4.89. The quantitative estimate of drug-likeness (QED) is 0.386. The van der Waals surface area contributed by atoms with Crippen LogP contribution in [0.25, 0.3) is 10.9 Å². The molecule has 208 valence electrons. The largest absolute Gasteiger partial charge is 0.379 e. The molecule has 0 radical (unpaired) electrons. The Morgan fingerprint density at radius 2 is 1.59 bits per heavy atom. The van der Waals surface area contributed by atoms with Crippen LogP contribution >= 0.6 is 11.6 Å². The van der Waals surface area contributed by atoms with Crippen molar-refractivity contribution in [2.75, 3.05) is 65.8 Å². The molecule has 5 rings (SSSR count). The Hall–Kier alpha value is -2.79. The molecule has 0 spiro atoms. The molecule has 10 heteroatoms. The molecule has 2 aliphatic rings. The minimum Gasteiger partial charge on any atom is -0.379 e. The lowest BCUT2D eigenvalue weighted by atomic mass is 10.1. The third kappa shape index (κ3) is 7.45. The van der Waals surface area contributed by atoms with E-state index < -0.39 is 5.91 Å². The summed E-state index contributed by atoms with van der Waals surface area (Å²) in [6.45, 7) is 9.00. The molecule has 9 nitrogen and oxygen atoms in total. The maximum Gasteiger partial charge on any atom is 0.257 e. The summed E-state index contributed by atoms with van der Waals surface area (Å²) in [5.74, 6) is -0.419. The molecule has 3 heterocycles. The second-order valence-electron chi connectivity index (χ2n) is 9.88. The van der Waals surface area contributed by atoms with Crippen LogP contribution in [-0.2, 0) is 34.0 Å². The van der Waals surface area contributed by atoms with Gasteiger partial charge in [0.1, 0.15) is 12.3 Å². The van der Waals surface area contributed by atoms with Crippen molar-refractivity contribution >= 4 is 28.4 Å². The van der Waals surface area contributed by atoms with E-state index in [-0.39, 0.29) is 17.7 Å². The molecule has 0 atom stereocenters. The Morgan fingerprint density at radius 1 is 0.923 bits per heavy atom. The number of benzene rings is 2. The van der Waals surface area contributed by atoms with Crippen LogP contribution in [0.15, 0.2) is 53.5 Å². The smallest absolute Gasteiger partial charge is 0.257 e. The van der Waals surface area contributed by atoms with Gasteiger partial charge in [-0.05, 0) is 35.4 Å². The normalized spacial score (nSPS) is 16.9. The van der Waals surface area contributed by atoms with Crippen LogP contribution in [0.3, 0.4) is 0 Å². The lowest BCUT2D eigenvalue weighted by Gasteiger charge is -2.27. The number of pyridine rings is 1. The van der Waals surface area contributed by atoms with Gasteiger partial charge in [0.05, 0.1) is 38.6 Å². The second-order valence-corrected chi connectivity index (χ2v) is 10.3. The van der Waals surface area contributed by atoms with Crippen LogP contribution < -0.4 is 10.7 Å². The summed E-state index contributed by atoms with van der Waals surface area (Å²) in [5.41, 5.74) is 2.48. The molecule has 39 heavy (non-hydrogen) atoms. The third-order valence-electron chi connectivity index (χ3n) is 7.15. The maximum absolute atomic E-state index is 13.6. The molecule has 2 saturated heterocycles. The van der Waals surface area contributed by atoms with Crippen molar-refractivity contribution in [2.24, 2.45) is 0 Å². The van der Waals surface area contributed by atoms with Gasteiger partial charge in [0.2, 0.25) is 5.43 Å². The van der Waals surface area contributed by atoms with Crippen molar-refractivity contribution in [2.45, 2.75) is 19.8 Å². The molecule has 1 aromatic heterocycles. The molecule has 3 aromatic rings. The molecular formula is C29H35ClN4O5. The van der Waals surface area contributed by atoms with E-state index in [1.54, 1.807) is 18.3 Å². The molecule has 1 amide bonds. The number of nitrogens with zero attached hydrogens (tertiary/aromatic N) is 3. The first-order valence-electron chi connectivity index (χ1n) is 13.4. The number of amides is 1. The predicted octanol–water partition coefficient (Wildman–Crippen LogP) is 2.72. The highest BCUT2D eigenvalue weighted by molar-refractivity contribution is 6.30. The van der Waals surface area contributed by atoms with Gasteiger partial charge in [-0.25, -0.2) is 0 Å². The van der Waals surface area contributed by atoms with Gasteiger partial charge in [0, 0.05) is 62.4 Å². The van der Waals surface area contributed by atoms with Crippen molar-refractivity contribution in [1.82, 2.24) is 19.7 Å². The van der Waals surface area contributed by atoms with Crippen molar-refractivity contribution in [3.05, 3.63) is 80.6 Å². The number of rotatable bonds is 10. The van der Waals surface area contributed by atoms with E-state index in [4.69, 9.17) is 25.8 Å². The number of carbonyl (C=O) groups excluding carboxylic acids is 1. The number of fused-ring (bicyclic) bond motifs is 1. The van der Waals surface area contributed by atoms with Gasteiger partial charge in [0.15, 0.2) is 0 Å². The van der Waals surface area contributed by atoms with Gasteiger partial charge < -0.3 is 24.1 Å². The summed E-state index contributed by atoms with van der Waals surface area (Å²) in [4.78, 5) is 31.4. The van der Waals surface area contributed by atoms with Crippen LogP contribution in [0, 0.1) is 0 Å². The second kappa shape index (κ2) is 13.5. The zero-order valence-corrected chi connectivity index (χ0v) is 22.8. The van der Waals surface area contributed by atoms with E-state index in [1.807, 2.05) is 34.9 Å².